The molecule has 1 heterocycles. The van der Waals surface area contributed by atoms with Crippen molar-refractivity contribution in [2.45, 2.75) is 25.3 Å². The summed E-state index contributed by atoms with van der Waals surface area (Å²) in [5, 5.41) is 1.53. The van der Waals surface area contributed by atoms with Crippen LogP contribution in [0.4, 0.5) is 0 Å². The van der Waals surface area contributed by atoms with Gasteiger partial charge in [0, 0.05) is 49.6 Å². The quantitative estimate of drug-likeness (QED) is 0.666. The summed E-state index contributed by atoms with van der Waals surface area (Å²) in [7, 11) is 1.80. The van der Waals surface area contributed by atoms with Gasteiger partial charge in [0.1, 0.15) is 0 Å². The molecular weight excluding hydrogens is 419 g/mol. The molecule has 2 aromatic carbocycles. The summed E-state index contributed by atoms with van der Waals surface area (Å²) in [5.41, 5.74) is 1.54. The highest BCUT2D eigenvalue weighted by Gasteiger charge is 2.36. The van der Waals surface area contributed by atoms with Gasteiger partial charge in [0.2, 0.25) is 5.91 Å². The fourth-order valence-corrected chi connectivity index (χ4v) is 4.14. The third kappa shape index (κ3) is 4.45. The van der Waals surface area contributed by atoms with Crippen LogP contribution >= 0.6 is 34.8 Å². The van der Waals surface area contributed by atoms with Crippen molar-refractivity contribution in [3.8, 4) is 0 Å². The van der Waals surface area contributed by atoms with Crippen LogP contribution in [-0.2, 0) is 4.79 Å². The van der Waals surface area contributed by atoms with Crippen molar-refractivity contribution in [1.29, 1.82) is 0 Å². The highest BCUT2D eigenvalue weighted by molar-refractivity contribution is 6.42. The van der Waals surface area contributed by atoms with Crippen LogP contribution in [-0.4, -0.2) is 47.8 Å². The Morgan fingerprint density at radius 3 is 2.32 bits per heavy atom. The van der Waals surface area contributed by atoms with E-state index in [0.717, 1.165) is 5.56 Å². The van der Waals surface area contributed by atoms with E-state index in [-0.39, 0.29) is 23.8 Å². The minimum Gasteiger partial charge on any atom is -0.342 e. The highest BCUT2D eigenvalue weighted by Crippen LogP contribution is 2.34. The number of amides is 2. The number of hydrogen-bond donors (Lipinski definition) is 0. The Hall–Kier alpha value is -1.75. The molecule has 0 aromatic heterocycles. The van der Waals surface area contributed by atoms with Gasteiger partial charge in [-0.1, -0.05) is 40.9 Å². The van der Waals surface area contributed by atoms with E-state index >= 15 is 0 Å². The molecule has 28 heavy (non-hydrogen) atoms. The number of hydrogen-bond acceptors (Lipinski definition) is 2. The number of nitrogens with zero attached hydrogens (tertiary/aromatic N) is 2. The van der Waals surface area contributed by atoms with Crippen LogP contribution in [0.1, 0.15) is 35.2 Å². The second kappa shape index (κ2) is 8.73. The Morgan fingerprint density at radius 1 is 1.04 bits per heavy atom. The van der Waals surface area contributed by atoms with E-state index in [0.29, 0.717) is 40.1 Å². The molecule has 4 nitrogen and oxygen atoms in total. The second-order valence-electron chi connectivity index (χ2n) is 7.02. The highest BCUT2D eigenvalue weighted by atomic mass is 35.5. The van der Waals surface area contributed by atoms with Crippen LogP contribution in [0, 0.1) is 0 Å². The van der Waals surface area contributed by atoms with Gasteiger partial charge in [-0.25, -0.2) is 0 Å². The summed E-state index contributed by atoms with van der Waals surface area (Å²) in [6, 6.07) is 12.3. The first-order valence-electron chi connectivity index (χ1n) is 9.01. The first kappa shape index (κ1) is 21.0. The van der Waals surface area contributed by atoms with Crippen molar-refractivity contribution < 1.29 is 9.59 Å². The van der Waals surface area contributed by atoms with Crippen molar-refractivity contribution in [2.24, 2.45) is 0 Å². The first-order chi connectivity index (χ1) is 13.3. The van der Waals surface area contributed by atoms with E-state index in [9.17, 15) is 9.59 Å². The molecule has 148 valence electrons. The summed E-state index contributed by atoms with van der Waals surface area (Å²) in [5.74, 6) is -0.119. The van der Waals surface area contributed by atoms with E-state index in [1.807, 2.05) is 17.0 Å². The molecule has 0 N–H and O–H groups in total. The fraction of sp³-hybridized carbons (Fsp3) is 0.333. The zero-order chi connectivity index (χ0) is 20.4. The summed E-state index contributed by atoms with van der Waals surface area (Å²) >= 11 is 18.2. The molecule has 0 bridgehead atoms. The Morgan fingerprint density at radius 2 is 1.71 bits per heavy atom. The average Bonchev–Trinajstić information content (AvgIpc) is 2.69. The predicted octanol–water partition coefficient (Wildman–Crippen LogP) is 5.12. The monoisotopic (exact) mass is 438 g/mol. The normalized spacial score (nSPS) is 19.4. The van der Waals surface area contributed by atoms with Crippen molar-refractivity contribution in [3.05, 3.63) is 68.7 Å². The van der Waals surface area contributed by atoms with Gasteiger partial charge in [0.15, 0.2) is 0 Å². The van der Waals surface area contributed by atoms with Gasteiger partial charge in [0.25, 0.3) is 5.91 Å². The second-order valence-corrected chi connectivity index (χ2v) is 8.27. The summed E-state index contributed by atoms with van der Waals surface area (Å²) < 4.78 is 0. The first-order valence-corrected chi connectivity index (χ1v) is 10.1. The molecule has 0 spiro atoms. The Kier molecular flexibility index (Phi) is 6.54. The molecule has 0 unspecified atom stereocenters. The predicted molar refractivity (Wildman–Crippen MR) is 113 cm³/mol. The number of likely N-dealkylation sites (tertiary alicyclic amines) is 1. The maximum Gasteiger partial charge on any atom is 0.253 e. The van der Waals surface area contributed by atoms with E-state index < -0.39 is 0 Å². The zero-order valence-electron chi connectivity index (χ0n) is 15.7. The van der Waals surface area contributed by atoms with Gasteiger partial charge in [-0.15, -0.1) is 0 Å². The van der Waals surface area contributed by atoms with Gasteiger partial charge in [-0.05, 0) is 48.4 Å². The van der Waals surface area contributed by atoms with Crippen molar-refractivity contribution >= 4 is 46.6 Å². The average molecular weight is 440 g/mol. The molecule has 1 fully saturated rings. The van der Waals surface area contributed by atoms with Gasteiger partial charge in [-0.3, -0.25) is 9.59 Å². The molecule has 2 aromatic rings. The summed E-state index contributed by atoms with van der Waals surface area (Å²) in [6.07, 6.45) is 0.681. The van der Waals surface area contributed by atoms with Crippen LogP contribution < -0.4 is 0 Å². The molecule has 0 aliphatic carbocycles. The minimum atomic E-state index is -0.0806. The van der Waals surface area contributed by atoms with Crippen LogP contribution in [0.15, 0.2) is 42.5 Å². The number of benzene rings is 2. The van der Waals surface area contributed by atoms with Gasteiger partial charge in [-0.2, -0.15) is 0 Å². The van der Waals surface area contributed by atoms with Crippen molar-refractivity contribution in [2.75, 3.05) is 20.1 Å². The lowest BCUT2D eigenvalue weighted by atomic mass is 9.84. The number of halogens is 3. The SMILES string of the molecule is CC(=O)N1CC[C@@H](N(C)C(=O)c2ccc(Cl)cc2)[C@H](c2ccc(Cl)c(Cl)c2)C1. The Bertz CT molecular complexity index is 886. The van der Waals surface area contributed by atoms with Crippen molar-refractivity contribution in [3.63, 3.8) is 0 Å². The molecule has 3 rings (SSSR count). The third-order valence-electron chi connectivity index (χ3n) is 5.30. The lowest BCUT2D eigenvalue weighted by Gasteiger charge is -2.42. The topological polar surface area (TPSA) is 40.6 Å². The molecule has 2 atom stereocenters. The smallest absolute Gasteiger partial charge is 0.253 e. The minimum absolute atomic E-state index is 0.0233. The Labute approximate surface area is 180 Å². The number of likely N-dealkylation sites (N-methyl/N-ethyl adjacent to an activating group) is 1. The van der Waals surface area contributed by atoms with E-state index in [1.165, 1.54) is 0 Å². The number of rotatable bonds is 3. The molecule has 1 aliphatic rings. The van der Waals surface area contributed by atoms with Gasteiger partial charge in [0.05, 0.1) is 10.0 Å². The number of piperidine rings is 1. The number of carbonyl (C=O) groups is 2. The molecule has 2 amide bonds. The fourth-order valence-electron chi connectivity index (χ4n) is 3.71. The largest absolute Gasteiger partial charge is 0.342 e. The van der Waals surface area contributed by atoms with Crippen LogP contribution in [0.25, 0.3) is 0 Å². The maximum atomic E-state index is 13.0. The van der Waals surface area contributed by atoms with E-state index in [1.54, 1.807) is 49.2 Å². The molecule has 1 saturated heterocycles. The summed E-state index contributed by atoms with van der Waals surface area (Å²) in [6.45, 7) is 2.70. The standard InChI is InChI=1S/C21H21Cl3N2O2/c1-13(27)26-10-9-20(17(12-26)15-5-8-18(23)19(24)11-15)25(2)21(28)14-3-6-16(22)7-4-14/h3-8,11,17,20H,9-10,12H2,1-2H3/t17-,20+/m0/s1. The molecule has 1 aliphatic heterocycles. The Balaban J connectivity index is 1.91. The lowest BCUT2D eigenvalue weighted by molar-refractivity contribution is -0.130. The summed E-state index contributed by atoms with van der Waals surface area (Å²) in [4.78, 5) is 28.5. The van der Waals surface area contributed by atoms with Crippen LogP contribution in [0.3, 0.4) is 0 Å². The maximum absolute atomic E-state index is 13.0. The molecule has 0 radical (unpaired) electrons. The lowest BCUT2D eigenvalue weighted by Crippen LogP contribution is -2.51. The third-order valence-corrected chi connectivity index (χ3v) is 6.29. The van der Waals surface area contributed by atoms with Crippen LogP contribution in [0.2, 0.25) is 15.1 Å². The van der Waals surface area contributed by atoms with Gasteiger partial charge < -0.3 is 9.80 Å². The number of carbonyl (C=O) groups excluding carboxylic acids is 2. The van der Waals surface area contributed by atoms with Crippen molar-refractivity contribution in [1.82, 2.24) is 9.80 Å². The van der Waals surface area contributed by atoms with E-state index in [2.05, 4.69) is 0 Å². The molecule has 0 saturated carbocycles. The van der Waals surface area contributed by atoms with Gasteiger partial charge >= 0.3 is 0 Å². The zero-order valence-corrected chi connectivity index (χ0v) is 17.9. The molecular formula is C21H21Cl3N2O2. The van der Waals surface area contributed by atoms with Crippen LogP contribution in [0.5, 0.6) is 0 Å². The van der Waals surface area contributed by atoms with E-state index in [4.69, 9.17) is 34.8 Å². The molecule has 7 heteroatoms.